The fourth-order valence-corrected chi connectivity index (χ4v) is 4.84. The molecule has 0 spiro atoms. The average molecular weight is 477 g/mol. The van der Waals surface area contributed by atoms with Gasteiger partial charge in [-0.2, -0.15) is 5.26 Å². The minimum absolute atomic E-state index is 0.0477. The van der Waals surface area contributed by atoms with Gasteiger partial charge in [0.25, 0.3) is 5.91 Å². The van der Waals surface area contributed by atoms with Crippen LogP contribution < -0.4 is 10.2 Å². The Hall–Kier alpha value is -3.22. The summed E-state index contributed by atoms with van der Waals surface area (Å²) in [5, 5.41) is 32.4. The van der Waals surface area contributed by atoms with Gasteiger partial charge in [0.05, 0.1) is 12.7 Å². The number of nitriles is 1. The zero-order valence-corrected chi connectivity index (χ0v) is 19.9. The lowest BCUT2D eigenvalue weighted by atomic mass is 10.0. The molecule has 34 heavy (non-hydrogen) atoms. The number of thiophene rings is 1. The maximum atomic E-state index is 12.2. The predicted octanol–water partition coefficient (Wildman–Crippen LogP) is 2.70. The lowest BCUT2D eigenvalue weighted by Crippen LogP contribution is -2.44. The molecule has 1 saturated heterocycles. The maximum Gasteiger partial charge on any atom is 0.262 e. The monoisotopic (exact) mass is 476 g/mol. The van der Waals surface area contributed by atoms with Crippen LogP contribution in [0, 0.1) is 11.3 Å². The molecule has 1 fully saturated rings. The summed E-state index contributed by atoms with van der Waals surface area (Å²) in [7, 11) is 2.16. The lowest BCUT2D eigenvalue weighted by Gasteiger charge is -2.34. The van der Waals surface area contributed by atoms with Crippen LogP contribution in [0.4, 0.5) is 5.69 Å². The fourth-order valence-electron chi connectivity index (χ4n) is 3.89. The number of piperazine rings is 1. The topological polar surface area (TPSA) is 99.8 Å². The zero-order chi connectivity index (χ0) is 24.1. The SMILES string of the molecule is CN1CCN(c2ccc3cc(-c4ccc(C=C(C#N)C(=O)NCC(O)CO)s4)ccc3c2)CC1. The van der Waals surface area contributed by atoms with Crippen LogP contribution in [0.25, 0.3) is 27.3 Å². The summed E-state index contributed by atoms with van der Waals surface area (Å²) in [4.78, 5) is 18.8. The molecule has 1 aliphatic heterocycles. The molecule has 1 unspecified atom stereocenters. The molecule has 2 heterocycles. The van der Waals surface area contributed by atoms with Crippen molar-refractivity contribution in [3.05, 3.63) is 59.0 Å². The molecular formula is C26H28N4O3S. The number of hydrogen-bond donors (Lipinski definition) is 3. The van der Waals surface area contributed by atoms with E-state index in [4.69, 9.17) is 5.11 Å². The third-order valence-electron chi connectivity index (χ3n) is 5.96. The van der Waals surface area contributed by atoms with Crippen molar-refractivity contribution in [2.24, 2.45) is 0 Å². The molecule has 1 amide bonds. The van der Waals surface area contributed by atoms with Gasteiger partial charge in [0.1, 0.15) is 11.6 Å². The molecule has 2 aromatic carbocycles. The summed E-state index contributed by atoms with van der Waals surface area (Å²) >= 11 is 1.50. The van der Waals surface area contributed by atoms with Gasteiger partial charge >= 0.3 is 0 Å². The highest BCUT2D eigenvalue weighted by molar-refractivity contribution is 7.16. The highest BCUT2D eigenvalue weighted by atomic mass is 32.1. The van der Waals surface area contributed by atoms with Gasteiger partial charge in [-0.1, -0.05) is 18.2 Å². The highest BCUT2D eigenvalue weighted by Crippen LogP contribution is 2.32. The normalized spacial score (nSPS) is 15.8. The van der Waals surface area contributed by atoms with E-state index in [1.165, 1.54) is 33.9 Å². The molecular weight excluding hydrogens is 448 g/mol. The van der Waals surface area contributed by atoms with Crippen molar-refractivity contribution in [3.63, 3.8) is 0 Å². The van der Waals surface area contributed by atoms with E-state index in [2.05, 4.69) is 58.6 Å². The number of nitrogens with one attached hydrogen (secondary N) is 1. The van der Waals surface area contributed by atoms with E-state index >= 15 is 0 Å². The molecule has 1 atom stereocenters. The molecule has 0 aliphatic carbocycles. The number of fused-ring (bicyclic) bond motifs is 1. The second kappa shape index (κ2) is 10.8. The summed E-state index contributed by atoms with van der Waals surface area (Å²) in [6, 6.07) is 18.8. The van der Waals surface area contributed by atoms with Crippen LogP contribution in [0.3, 0.4) is 0 Å². The van der Waals surface area contributed by atoms with E-state index in [1.807, 2.05) is 18.2 Å². The predicted molar refractivity (Wildman–Crippen MR) is 137 cm³/mol. The Morgan fingerprint density at radius 1 is 1.15 bits per heavy atom. The molecule has 0 radical (unpaired) electrons. The number of likely N-dealkylation sites (N-methyl/N-ethyl adjacent to an activating group) is 1. The van der Waals surface area contributed by atoms with Crippen molar-refractivity contribution >= 4 is 39.8 Å². The Bertz CT molecular complexity index is 1240. The first kappa shape index (κ1) is 23.9. The van der Waals surface area contributed by atoms with Crippen molar-refractivity contribution in [2.75, 3.05) is 51.3 Å². The second-order valence-electron chi connectivity index (χ2n) is 8.45. The van der Waals surface area contributed by atoms with Crippen molar-refractivity contribution in [3.8, 4) is 16.5 Å². The highest BCUT2D eigenvalue weighted by Gasteiger charge is 2.15. The molecule has 4 rings (SSSR count). The number of carbonyl (C=O) groups excluding carboxylic acids is 1. The van der Waals surface area contributed by atoms with Gasteiger partial charge in [-0.3, -0.25) is 4.79 Å². The Morgan fingerprint density at radius 3 is 2.62 bits per heavy atom. The first-order chi connectivity index (χ1) is 16.5. The summed E-state index contributed by atoms with van der Waals surface area (Å²) < 4.78 is 0. The maximum absolute atomic E-state index is 12.2. The van der Waals surface area contributed by atoms with Crippen molar-refractivity contribution in [1.29, 1.82) is 5.26 Å². The molecule has 7 nitrogen and oxygen atoms in total. The Morgan fingerprint density at radius 2 is 1.88 bits per heavy atom. The van der Waals surface area contributed by atoms with E-state index in [1.54, 1.807) is 0 Å². The third-order valence-corrected chi connectivity index (χ3v) is 7.05. The van der Waals surface area contributed by atoms with Gasteiger partial charge < -0.3 is 25.3 Å². The van der Waals surface area contributed by atoms with Gasteiger partial charge in [-0.25, -0.2) is 0 Å². The number of rotatable bonds is 7. The van der Waals surface area contributed by atoms with Gasteiger partial charge in [0.2, 0.25) is 0 Å². The minimum atomic E-state index is -1.05. The Balaban J connectivity index is 1.50. The molecule has 1 aliphatic rings. The summed E-state index contributed by atoms with van der Waals surface area (Å²) in [5.41, 5.74) is 2.29. The van der Waals surface area contributed by atoms with E-state index in [0.717, 1.165) is 41.5 Å². The van der Waals surface area contributed by atoms with E-state index in [0.29, 0.717) is 0 Å². The number of hydrogen-bond acceptors (Lipinski definition) is 7. The summed E-state index contributed by atoms with van der Waals surface area (Å²) in [6.07, 6.45) is 0.487. The van der Waals surface area contributed by atoms with Gasteiger partial charge in [-0.15, -0.1) is 11.3 Å². The van der Waals surface area contributed by atoms with Crippen molar-refractivity contribution < 1.29 is 15.0 Å². The molecule has 0 saturated carbocycles. The summed E-state index contributed by atoms with van der Waals surface area (Å²) in [6.45, 7) is 3.66. The minimum Gasteiger partial charge on any atom is -0.394 e. The Labute approximate surface area is 203 Å². The van der Waals surface area contributed by atoms with E-state index in [9.17, 15) is 15.2 Å². The second-order valence-corrected chi connectivity index (χ2v) is 9.57. The number of carbonyl (C=O) groups is 1. The van der Waals surface area contributed by atoms with Crippen LogP contribution in [0.5, 0.6) is 0 Å². The van der Waals surface area contributed by atoms with Crippen LogP contribution in [-0.4, -0.2) is 73.5 Å². The molecule has 0 bridgehead atoms. The van der Waals surface area contributed by atoms with Crippen LogP contribution in [0.1, 0.15) is 4.88 Å². The largest absolute Gasteiger partial charge is 0.394 e. The van der Waals surface area contributed by atoms with Gasteiger partial charge in [-0.05, 0) is 59.8 Å². The number of aliphatic hydroxyl groups excluding tert-OH is 2. The van der Waals surface area contributed by atoms with Crippen LogP contribution >= 0.6 is 11.3 Å². The number of nitrogens with zero attached hydrogens (tertiary/aromatic N) is 3. The standard InChI is InChI=1S/C26H28N4O3S/c1-29-8-10-30(11-9-29)22-5-4-18-12-20(3-2-19(18)13-22)25-7-6-24(34-25)14-21(15-27)26(33)28-16-23(32)17-31/h2-7,12-14,23,31-32H,8-11,16-17H2,1H3,(H,28,33). The van der Waals surface area contributed by atoms with E-state index in [-0.39, 0.29) is 12.1 Å². The van der Waals surface area contributed by atoms with E-state index < -0.39 is 18.6 Å². The molecule has 3 aromatic rings. The van der Waals surface area contributed by atoms with Crippen molar-refractivity contribution in [1.82, 2.24) is 10.2 Å². The first-order valence-electron chi connectivity index (χ1n) is 11.2. The molecule has 8 heteroatoms. The van der Waals surface area contributed by atoms with Crippen LogP contribution in [0.15, 0.2) is 54.1 Å². The number of benzene rings is 2. The fraction of sp³-hybridized carbons (Fsp3) is 0.308. The van der Waals surface area contributed by atoms with Gasteiger partial charge in [0.15, 0.2) is 0 Å². The molecule has 1 aromatic heterocycles. The van der Waals surface area contributed by atoms with Gasteiger partial charge in [0, 0.05) is 48.2 Å². The quantitative estimate of drug-likeness (QED) is 0.358. The Kier molecular flexibility index (Phi) is 7.60. The number of aliphatic hydroxyl groups is 2. The third kappa shape index (κ3) is 5.64. The van der Waals surface area contributed by atoms with Crippen LogP contribution in [-0.2, 0) is 4.79 Å². The first-order valence-corrected chi connectivity index (χ1v) is 12.0. The number of anilines is 1. The zero-order valence-electron chi connectivity index (χ0n) is 19.1. The number of amides is 1. The average Bonchev–Trinajstić information content (AvgIpc) is 3.34. The smallest absolute Gasteiger partial charge is 0.262 e. The van der Waals surface area contributed by atoms with Crippen LogP contribution in [0.2, 0.25) is 0 Å². The molecule has 176 valence electrons. The lowest BCUT2D eigenvalue weighted by molar-refractivity contribution is -0.117. The summed E-state index contributed by atoms with van der Waals surface area (Å²) in [5.74, 6) is -0.577. The molecule has 3 N–H and O–H groups in total. The van der Waals surface area contributed by atoms with Crippen molar-refractivity contribution in [2.45, 2.75) is 6.10 Å².